The molecule has 0 aromatic rings. The fourth-order valence-corrected chi connectivity index (χ4v) is 2.35. The Morgan fingerprint density at radius 2 is 1.79 bits per heavy atom. The fourth-order valence-electron chi connectivity index (χ4n) is 2.35. The highest BCUT2D eigenvalue weighted by Gasteiger charge is 2.23. The van der Waals surface area contributed by atoms with E-state index >= 15 is 0 Å². The molecule has 3 amide bonds. The van der Waals surface area contributed by atoms with Crippen molar-refractivity contribution in [2.45, 2.75) is 12.8 Å². The number of carbonyl (C=O) groups is 3. The van der Waals surface area contributed by atoms with Crippen molar-refractivity contribution in [1.82, 2.24) is 20.4 Å². The number of piperazine rings is 1. The zero-order valence-electron chi connectivity index (χ0n) is 11.0. The summed E-state index contributed by atoms with van der Waals surface area (Å²) >= 11 is 0. The predicted octanol–water partition coefficient (Wildman–Crippen LogP) is -1.84. The molecular formula is C12H20N4O3. The molecule has 106 valence electrons. The van der Waals surface area contributed by atoms with Gasteiger partial charge in [-0.2, -0.15) is 0 Å². The first-order valence-corrected chi connectivity index (χ1v) is 6.68. The van der Waals surface area contributed by atoms with Gasteiger partial charge in [-0.25, -0.2) is 0 Å². The summed E-state index contributed by atoms with van der Waals surface area (Å²) in [5.41, 5.74) is 0. The number of hydrogen-bond acceptors (Lipinski definition) is 5. The van der Waals surface area contributed by atoms with Gasteiger partial charge in [0.25, 0.3) is 0 Å². The molecule has 0 aromatic carbocycles. The molecule has 2 N–H and O–H groups in total. The molecule has 0 unspecified atom stereocenters. The molecule has 0 aliphatic carbocycles. The maximum absolute atomic E-state index is 11.7. The van der Waals surface area contributed by atoms with Gasteiger partial charge >= 0.3 is 0 Å². The summed E-state index contributed by atoms with van der Waals surface area (Å²) in [7, 11) is 0. The maximum atomic E-state index is 11.7. The summed E-state index contributed by atoms with van der Waals surface area (Å²) < 4.78 is 0. The van der Waals surface area contributed by atoms with Gasteiger partial charge in [0.2, 0.25) is 17.7 Å². The molecule has 2 heterocycles. The number of imide groups is 1. The number of likely N-dealkylation sites (tertiary alicyclic amines) is 1. The number of nitrogens with one attached hydrogen (secondary N) is 2. The summed E-state index contributed by atoms with van der Waals surface area (Å²) in [6.45, 7) is 4.19. The van der Waals surface area contributed by atoms with E-state index < -0.39 is 5.91 Å². The monoisotopic (exact) mass is 268 g/mol. The first-order valence-electron chi connectivity index (χ1n) is 6.68. The summed E-state index contributed by atoms with van der Waals surface area (Å²) in [4.78, 5) is 38.2. The lowest BCUT2D eigenvalue weighted by Crippen LogP contribution is -2.49. The Labute approximate surface area is 112 Å². The zero-order valence-corrected chi connectivity index (χ0v) is 11.0. The molecule has 7 heteroatoms. The van der Waals surface area contributed by atoms with Gasteiger partial charge in [-0.05, 0) is 6.42 Å². The first-order chi connectivity index (χ1) is 9.15. The van der Waals surface area contributed by atoms with E-state index in [1.165, 1.54) is 4.90 Å². The fraction of sp³-hybridized carbons (Fsp3) is 0.750. The number of nitrogens with zero attached hydrogens (tertiary/aromatic N) is 2. The third kappa shape index (κ3) is 4.29. The van der Waals surface area contributed by atoms with Gasteiger partial charge in [0, 0.05) is 39.1 Å². The van der Waals surface area contributed by atoms with Gasteiger partial charge in [0.15, 0.2) is 0 Å². The number of rotatable bonds is 4. The van der Waals surface area contributed by atoms with Gasteiger partial charge in [-0.15, -0.1) is 0 Å². The molecule has 0 spiro atoms. The summed E-state index contributed by atoms with van der Waals surface area (Å²) in [6.07, 6.45) is 1.29. The maximum Gasteiger partial charge on any atom is 0.246 e. The Hall–Kier alpha value is -1.47. The predicted molar refractivity (Wildman–Crippen MR) is 68.3 cm³/mol. The second kappa shape index (κ2) is 6.63. The van der Waals surface area contributed by atoms with Crippen LogP contribution in [0.15, 0.2) is 0 Å². The van der Waals surface area contributed by atoms with Crippen LogP contribution in [-0.4, -0.2) is 73.3 Å². The molecule has 7 nitrogen and oxygen atoms in total. The molecular weight excluding hydrogens is 248 g/mol. The van der Waals surface area contributed by atoms with E-state index in [1.54, 1.807) is 0 Å². The van der Waals surface area contributed by atoms with E-state index in [2.05, 4.69) is 10.6 Å². The molecule has 2 rings (SSSR count). The Morgan fingerprint density at radius 1 is 1.11 bits per heavy atom. The molecule has 0 bridgehead atoms. The molecule has 2 aliphatic rings. The quantitative estimate of drug-likeness (QED) is 0.626. The van der Waals surface area contributed by atoms with Crippen molar-refractivity contribution in [3.8, 4) is 0 Å². The van der Waals surface area contributed by atoms with Crippen LogP contribution < -0.4 is 10.6 Å². The summed E-state index contributed by atoms with van der Waals surface area (Å²) in [6, 6.07) is 0. The highest BCUT2D eigenvalue weighted by Crippen LogP contribution is 2.08. The molecule has 0 atom stereocenters. The minimum atomic E-state index is -0.393. The lowest BCUT2D eigenvalue weighted by Gasteiger charge is -2.26. The smallest absolute Gasteiger partial charge is 0.246 e. The van der Waals surface area contributed by atoms with Crippen LogP contribution in [0.5, 0.6) is 0 Å². The van der Waals surface area contributed by atoms with Gasteiger partial charge in [0.05, 0.1) is 13.1 Å². The topological polar surface area (TPSA) is 81.8 Å². The van der Waals surface area contributed by atoms with Crippen LogP contribution in [-0.2, 0) is 14.4 Å². The van der Waals surface area contributed by atoms with Crippen molar-refractivity contribution >= 4 is 17.7 Å². The van der Waals surface area contributed by atoms with Crippen LogP contribution in [0.4, 0.5) is 0 Å². The van der Waals surface area contributed by atoms with Crippen LogP contribution in [0.2, 0.25) is 0 Å². The summed E-state index contributed by atoms with van der Waals surface area (Å²) in [5, 5.41) is 5.54. The van der Waals surface area contributed by atoms with Crippen molar-refractivity contribution in [2.24, 2.45) is 0 Å². The minimum absolute atomic E-state index is 0.00781. The molecule has 2 aliphatic heterocycles. The second-order valence-corrected chi connectivity index (χ2v) is 4.92. The number of carbonyl (C=O) groups excluding carboxylic acids is 3. The Bertz CT molecular complexity index is 366. The van der Waals surface area contributed by atoms with Crippen LogP contribution in [0.25, 0.3) is 0 Å². The van der Waals surface area contributed by atoms with Gasteiger partial charge in [0.1, 0.15) is 0 Å². The first kappa shape index (κ1) is 14.0. The Balaban J connectivity index is 1.69. The molecule has 2 fully saturated rings. The third-order valence-electron chi connectivity index (χ3n) is 3.36. The van der Waals surface area contributed by atoms with Crippen LogP contribution in [0, 0.1) is 0 Å². The number of amides is 3. The largest absolute Gasteiger partial charge is 0.333 e. The third-order valence-corrected chi connectivity index (χ3v) is 3.36. The Morgan fingerprint density at radius 3 is 2.42 bits per heavy atom. The number of hydrogen-bond donors (Lipinski definition) is 2. The molecule has 0 aromatic heterocycles. The van der Waals surface area contributed by atoms with Crippen molar-refractivity contribution in [1.29, 1.82) is 0 Å². The molecule has 19 heavy (non-hydrogen) atoms. The van der Waals surface area contributed by atoms with Crippen molar-refractivity contribution in [2.75, 3.05) is 45.8 Å². The average molecular weight is 268 g/mol. The van der Waals surface area contributed by atoms with Crippen molar-refractivity contribution in [3.63, 3.8) is 0 Å². The zero-order chi connectivity index (χ0) is 13.7. The molecule has 0 radical (unpaired) electrons. The van der Waals surface area contributed by atoms with Crippen LogP contribution >= 0.6 is 0 Å². The normalized spacial score (nSPS) is 20.6. The van der Waals surface area contributed by atoms with Crippen molar-refractivity contribution in [3.05, 3.63) is 0 Å². The summed E-state index contributed by atoms with van der Waals surface area (Å²) in [5.74, 6) is -0.696. The second-order valence-electron chi connectivity index (χ2n) is 4.92. The average Bonchev–Trinajstić information content (AvgIpc) is 2.76. The van der Waals surface area contributed by atoms with Gasteiger partial charge < -0.3 is 10.2 Å². The lowest BCUT2D eigenvalue weighted by molar-refractivity contribution is -0.136. The molecule has 0 saturated carbocycles. The standard InChI is InChI=1S/C12H20N4O3/c17-10(8-15-6-3-13-4-7-15)14-11(18)9-16-5-1-2-12(16)19/h13H,1-9H2,(H,14,17,18). The highest BCUT2D eigenvalue weighted by molar-refractivity contribution is 5.98. The van der Waals surface area contributed by atoms with E-state index in [-0.39, 0.29) is 24.9 Å². The van der Waals surface area contributed by atoms with Crippen LogP contribution in [0.3, 0.4) is 0 Å². The van der Waals surface area contributed by atoms with Gasteiger partial charge in [-0.1, -0.05) is 0 Å². The SMILES string of the molecule is O=C(CN1CCNCC1)NC(=O)CN1CCCC1=O. The highest BCUT2D eigenvalue weighted by atomic mass is 16.2. The molecule has 2 saturated heterocycles. The van der Waals surface area contributed by atoms with E-state index in [0.717, 1.165) is 32.6 Å². The Kier molecular flexibility index (Phi) is 4.86. The van der Waals surface area contributed by atoms with E-state index in [0.29, 0.717) is 13.0 Å². The lowest BCUT2D eigenvalue weighted by atomic mass is 10.3. The van der Waals surface area contributed by atoms with Gasteiger partial charge in [-0.3, -0.25) is 24.6 Å². The van der Waals surface area contributed by atoms with E-state index in [4.69, 9.17) is 0 Å². The van der Waals surface area contributed by atoms with E-state index in [1.807, 2.05) is 4.90 Å². The van der Waals surface area contributed by atoms with Crippen molar-refractivity contribution < 1.29 is 14.4 Å². The van der Waals surface area contributed by atoms with Crippen LogP contribution in [0.1, 0.15) is 12.8 Å². The minimum Gasteiger partial charge on any atom is -0.333 e. The van der Waals surface area contributed by atoms with E-state index in [9.17, 15) is 14.4 Å².